The molecule has 4 aromatic rings. The van der Waals surface area contributed by atoms with Crippen LogP contribution < -0.4 is 15.9 Å². The van der Waals surface area contributed by atoms with Gasteiger partial charge < -0.3 is 0 Å². The standard InChI is InChI=1S/C22H17PS/c24-23(19-12-3-1-4-13-19,20-14-5-2-6-15-20)22-17-9-11-18-10-7-8-16-21(18)22/h1-17H. The highest BCUT2D eigenvalue weighted by molar-refractivity contribution is 8.25. The van der Waals surface area contributed by atoms with Crippen molar-refractivity contribution in [3.8, 4) is 0 Å². The average molecular weight is 344 g/mol. The normalized spacial score (nSPS) is 11.5. The first-order chi connectivity index (χ1) is 11.8. The lowest BCUT2D eigenvalue weighted by atomic mass is 10.1. The van der Waals surface area contributed by atoms with Crippen LogP contribution in [0.4, 0.5) is 0 Å². The predicted octanol–water partition coefficient (Wildman–Crippen LogP) is 4.60. The Labute approximate surface area is 147 Å². The van der Waals surface area contributed by atoms with Crippen molar-refractivity contribution in [1.29, 1.82) is 0 Å². The highest BCUT2D eigenvalue weighted by Crippen LogP contribution is 2.44. The lowest BCUT2D eigenvalue weighted by Crippen LogP contribution is -2.25. The molecular weight excluding hydrogens is 327 g/mol. The fourth-order valence-corrected chi connectivity index (χ4v) is 7.27. The van der Waals surface area contributed by atoms with E-state index in [1.165, 1.54) is 26.7 Å². The summed E-state index contributed by atoms with van der Waals surface area (Å²) in [5.41, 5.74) is 0. The summed E-state index contributed by atoms with van der Waals surface area (Å²) in [7, 11) is 0. The Bertz CT molecular complexity index is 974. The first kappa shape index (κ1) is 15.3. The molecule has 4 aromatic carbocycles. The molecular formula is C22H17PS. The third kappa shape index (κ3) is 2.51. The summed E-state index contributed by atoms with van der Waals surface area (Å²) in [5, 5.41) is 6.25. The molecule has 0 saturated heterocycles. The number of hydrogen-bond acceptors (Lipinski definition) is 1. The van der Waals surface area contributed by atoms with Gasteiger partial charge in [0.15, 0.2) is 0 Å². The summed E-state index contributed by atoms with van der Waals surface area (Å²) in [6.07, 6.45) is 0. The van der Waals surface area contributed by atoms with Crippen molar-refractivity contribution >= 4 is 44.5 Å². The average Bonchev–Trinajstić information content (AvgIpc) is 2.68. The first-order valence-electron chi connectivity index (χ1n) is 8.00. The number of rotatable bonds is 3. The molecule has 0 atom stereocenters. The number of benzene rings is 4. The van der Waals surface area contributed by atoms with Crippen LogP contribution in [0.1, 0.15) is 0 Å². The van der Waals surface area contributed by atoms with E-state index in [0.29, 0.717) is 0 Å². The van der Waals surface area contributed by atoms with Crippen molar-refractivity contribution in [2.24, 2.45) is 0 Å². The third-order valence-corrected chi connectivity index (χ3v) is 9.32. The minimum Gasteiger partial charge on any atom is -0.0826 e. The van der Waals surface area contributed by atoms with Gasteiger partial charge in [0, 0.05) is 11.3 Å². The Morgan fingerprint density at radius 1 is 0.500 bits per heavy atom. The monoisotopic (exact) mass is 344 g/mol. The summed E-state index contributed by atoms with van der Waals surface area (Å²) in [5.74, 6) is 0. The van der Waals surface area contributed by atoms with Gasteiger partial charge in [-0.05, 0) is 21.4 Å². The fourth-order valence-electron chi connectivity index (χ4n) is 3.19. The largest absolute Gasteiger partial charge is 0.0826 e. The zero-order valence-corrected chi connectivity index (χ0v) is 14.9. The summed E-state index contributed by atoms with van der Waals surface area (Å²) in [4.78, 5) is 0. The van der Waals surface area contributed by atoms with E-state index < -0.39 is 6.04 Å². The fraction of sp³-hybridized carbons (Fsp3) is 0. The van der Waals surface area contributed by atoms with Crippen molar-refractivity contribution in [2.75, 3.05) is 0 Å². The lowest BCUT2D eigenvalue weighted by molar-refractivity contribution is 1.74. The van der Waals surface area contributed by atoms with E-state index in [0.717, 1.165) is 0 Å². The van der Waals surface area contributed by atoms with E-state index in [2.05, 4.69) is 103 Å². The molecule has 0 fully saturated rings. The lowest BCUT2D eigenvalue weighted by Gasteiger charge is -2.25. The van der Waals surface area contributed by atoms with Crippen LogP contribution >= 0.6 is 6.04 Å². The van der Waals surface area contributed by atoms with Crippen molar-refractivity contribution in [3.05, 3.63) is 103 Å². The Morgan fingerprint density at radius 3 is 1.62 bits per heavy atom. The molecule has 4 rings (SSSR count). The van der Waals surface area contributed by atoms with Crippen LogP contribution in [0.5, 0.6) is 0 Å². The predicted molar refractivity (Wildman–Crippen MR) is 110 cm³/mol. The SMILES string of the molecule is S=P(c1ccccc1)(c1ccccc1)c1cccc2ccccc12. The van der Waals surface area contributed by atoms with Crippen LogP contribution in [0.15, 0.2) is 103 Å². The number of hydrogen-bond donors (Lipinski definition) is 0. The molecule has 0 bridgehead atoms. The highest BCUT2D eigenvalue weighted by atomic mass is 32.4. The molecule has 0 N–H and O–H groups in total. The molecule has 0 saturated carbocycles. The smallest absolute Gasteiger partial charge is 0.0385 e. The van der Waals surface area contributed by atoms with Gasteiger partial charge >= 0.3 is 0 Å². The van der Waals surface area contributed by atoms with E-state index >= 15 is 0 Å². The molecule has 0 amide bonds. The molecule has 0 unspecified atom stereocenters. The van der Waals surface area contributed by atoms with Gasteiger partial charge in [-0.15, -0.1) is 0 Å². The van der Waals surface area contributed by atoms with E-state index in [1.54, 1.807) is 0 Å². The van der Waals surface area contributed by atoms with Crippen LogP contribution in [-0.2, 0) is 11.8 Å². The van der Waals surface area contributed by atoms with Crippen molar-refractivity contribution in [2.45, 2.75) is 0 Å². The Balaban J connectivity index is 2.09. The van der Waals surface area contributed by atoms with Gasteiger partial charge in [-0.2, -0.15) is 0 Å². The van der Waals surface area contributed by atoms with Gasteiger partial charge in [-0.25, -0.2) is 0 Å². The molecule has 0 aliphatic rings. The summed E-state index contributed by atoms with van der Waals surface area (Å²) in [6, 6.07) is 34.1. The maximum atomic E-state index is 6.44. The molecule has 0 radical (unpaired) electrons. The molecule has 0 aliphatic carbocycles. The highest BCUT2D eigenvalue weighted by Gasteiger charge is 2.26. The van der Waals surface area contributed by atoms with Gasteiger partial charge in [0.2, 0.25) is 0 Å². The minimum absolute atomic E-state index is 1.24. The zero-order valence-electron chi connectivity index (χ0n) is 13.2. The summed E-state index contributed by atoms with van der Waals surface area (Å²) < 4.78 is 0. The van der Waals surface area contributed by atoms with Crippen LogP contribution in [0, 0.1) is 0 Å². The van der Waals surface area contributed by atoms with E-state index in [9.17, 15) is 0 Å². The van der Waals surface area contributed by atoms with Crippen LogP contribution in [0.3, 0.4) is 0 Å². The topological polar surface area (TPSA) is 0 Å². The van der Waals surface area contributed by atoms with E-state index in [1.807, 2.05) is 0 Å². The Morgan fingerprint density at radius 2 is 1.00 bits per heavy atom. The molecule has 0 aliphatic heterocycles. The maximum absolute atomic E-state index is 6.44. The van der Waals surface area contributed by atoms with Crippen LogP contribution in [-0.4, -0.2) is 0 Å². The minimum atomic E-state index is -2.09. The molecule has 24 heavy (non-hydrogen) atoms. The molecule has 0 heterocycles. The number of fused-ring (bicyclic) bond motifs is 1. The van der Waals surface area contributed by atoms with Crippen LogP contribution in [0.2, 0.25) is 0 Å². The van der Waals surface area contributed by atoms with Crippen LogP contribution in [0.25, 0.3) is 10.8 Å². The Kier molecular flexibility index (Phi) is 4.06. The third-order valence-electron chi connectivity index (χ3n) is 4.35. The zero-order chi connectivity index (χ0) is 16.4. The van der Waals surface area contributed by atoms with Gasteiger partial charge in [0.25, 0.3) is 0 Å². The second-order valence-corrected chi connectivity index (χ2v) is 10.2. The molecule has 0 spiro atoms. The van der Waals surface area contributed by atoms with Gasteiger partial charge in [-0.3, -0.25) is 0 Å². The second kappa shape index (κ2) is 6.36. The van der Waals surface area contributed by atoms with Gasteiger partial charge in [0.05, 0.1) is 0 Å². The van der Waals surface area contributed by atoms with E-state index in [-0.39, 0.29) is 0 Å². The molecule has 2 heteroatoms. The molecule has 116 valence electrons. The molecule has 0 nitrogen and oxygen atoms in total. The quantitative estimate of drug-likeness (QED) is 0.490. The van der Waals surface area contributed by atoms with Crippen molar-refractivity contribution in [3.63, 3.8) is 0 Å². The summed E-state index contributed by atoms with van der Waals surface area (Å²) in [6.45, 7) is 0. The first-order valence-corrected chi connectivity index (χ1v) is 10.8. The molecule has 0 aromatic heterocycles. The van der Waals surface area contributed by atoms with Crippen molar-refractivity contribution < 1.29 is 0 Å². The van der Waals surface area contributed by atoms with Crippen molar-refractivity contribution in [1.82, 2.24) is 0 Å². The van der Waals surface area contributed by atoms with E-state index in [4.69, 9.17) is 11.8 Å². The van der Waals surface area contributed by atoms with Gasteiger partial charge in [-0.1, -0.05) is 115 Å². The second-order valence-electron chi connectivity index (χ2n) is 5.78. The maximum Gasteiger partial charge on any atom is 0.0385 e. The summed E-state index contributed by atoms with van der Waals surface area (Å²) >= 11 is 6.44. The Hall–Kier alpha value is -2.21. The van der Waals surface area contributed by atoms with Gasteiger partial charge in [0.1, 0.15) is 0 Å².